The molecule has 2 N–H and O–H groups in total. The lowest BCUT2D eigenvalue weighted by molar-refractivity contribution is -0.143. The van der Waals surface area contributed by atoms with Gasteiger partial charge in [0.1, 0.15) is 0 Å². The Balaban J connectivity index is 0. The molecule has 0 spiro atoms. The number of carboxylic acids is 2. The van der Waals surface area contributed by atoms with Gasteiger partial charge in [-0.1, -0.05) is 12.8 Å². The van der Waals surface area contributed by atoms with Gasteiger partial charge in [-0.15, -0.1) is 0 Å². The zero-order valence-corrected chi connectivity index (χ0v) is 15.8. The van der Waals surface area contributed by atoms with Crippen LogP contribution in [0.3, 0.4) is 0 Å². The number of hydrogen-bond donors (Lipinski definition) is 2. The van der Waals surface area contributed by atoms with Gasteiger partial charge in [0.2, 0.25) is 0 Å². The minimum atomic E-state index is -0.819. The van der Waals surface area contributed by atoms with Crippen molar-refractivity contribution in [3.8, 4) is 0 Å². The largest absolute Gasteiger partial charge is 0.481 e. The third-order valence-corrected chi connectivity index (χ3v) is 3.15. The van der Waals surface area contributed by atoms with Crippen LogP contribution in [0.25, 0.3) is 0 Å². The highest BCUT2D eigenvalue weighted by Gasteiger charge is 2.03. The summed E-state index contributed by atoms with van der Waals surface area (Å²) in [6, 6.07) is 0. The van der Waals surface area contributed by atoms with Gasteiger partial charge in [0.05, 0.1) is 13.2 Å². The first-order valence-electron chi connectivity index (χ1n) is 9.08. The van der Waals surface area contributed by atoms with Crippen molar-refractivity contribution < 1.29 is 38.9 Å². The van der Waals surface area contributed by atoms with E-state index in [0.29, 0.717) is 45.3 Å². The highest BCUT2D eigenvalue weighted by Crippen LogP contribution is 2.05. The molecule has 8 nitrogen and oxygen atoms in total. The van der Waals surface area contributed by atoms with Crippen LogP contribution in [0.15, 0.2) is 0 Å². The highest BCUT2D eigenvalue weighted by molar-refractivity contribution is 5.70. The van der Waals surface area contributed by atoms with E-state index in [1.165, 1.54) is 0 Å². The molecule has 0 atom stereocenters. The average molecular weight is 376 g/mol. The Bertz CT molecular complexity index is 370. The lowest BCUT2D eigenvalue weighted by Gasteiger charge is -2.02. The van der Waals surface area contributed by atoms with Crippen molar-refractivity contribution in [1.82, 2.24) is 0 Å². The topological polar surface area (TPSA) is 127 Å². The van der Waals surface area contributed by atoms with Crippen LogP contribution in [0.4, 0.5) is 0 Å². The Morgan fingerprint density at radius 1 is 0.577 bits per heavy atom. The van der Waals surface area contributed by atoms with Crippen LogP contribution in [-0.2, 0) is 28.7 Å². The summed E-state index contributed by atoms with van der Waals surface area (Å²) in [4.78, 5) is 41.8. The fraction of sp³-hybridized carbons (Fsp3) is 0.778. The SMILES string of the molecule is CCOC(=O)CCCCCC(=O)OCC.O=C(O)CCCCCC(=O)O. The number of carbonyl (C=O) groups is 4. The first-order valence-corrected chi connectivity index (χ1v) is 9.08. The molecule has 0 bridgehead atoms. The van der Waals surface area contributed by atoms with Crippen LogP contribution in [0, 0.1) is 0 Å². The molecule has 0 saturated carbocycles. The van der Waals surface area contributed by atoms with Gasteiger partial charge in [0, 0.05) is 25.7 Å². The molecule has 0 unspecified atom stereocenters. The number of carbonyl (C=O) groups excluding carboxylic acids is 2. The number of carboxylic acid groups (broad SMARTS) is 2. The standard InChI is InChI=1S/C11H20O4.C7H12O4/c1-3-14-10(12)8-6-5-7-9-11(13)15-4-2;8-6(9)4-2-1-3-5-7(10)11/h3-9H2,1-2H3;1-5H2,(H,8,9)(H,10,11). The van der Waals surface area contributed by atoms with Crippen molar-refractivity contribution in [2.45, 2.75) is 78.1 Å². The first kappa shape index (κ1) is 26.1. The summed E-state index contributed by atoms with van der Waals surface area (Å²) in [5.74, 6) is -1.96. The second-order valence-electron chi connectivity index (χ2n) is 5.52. The maximum atomic E-state index is 10.9. The van der Waals surface area contributed by atoms with Crippen LogP contribution in [0.1, 0.15) is 78.1 Å². The third kappa shape index (κ3) is 24.1. The van der Waals surface area contributed by atoms with Crippen molar-refractivity contribution in [2.75, 3.05) is 13.2 Å². The van der Waals surface area contributed by atoms with E-state index in [4.69, 9.17) is 19.7 Å². The van der Waals surface area contributed by atoms with Crippen molar-refractivity contribution in [2.24, 2.45) is 0 Å². The van der Waals surface area contributed by atoms with E-state index < -0.39 is 11.9 Å². The number of rotatable bonds is 14. The summed E-state index contributed by atoms with van der Waals surface area (Å²) < 4.78 is 9.56. The summed E-state index contributed by atoms with van der Waals surface area (Å²) in [5.41, 5.74) is 0. The zero-order chi connectivity index (χ0) is 20.2. The van der Waals surface area contributed by atoms with Gasteiger partial charge in [-0.2, -0.15) is 0 Å². The minimum absolute atomic E-state index is 0.139. The Morgan fingerprint density at radius 2 is 0.885 bits per heavy atom. The van der Waals surface area contributed by atoms with Crippen molar-refractivity contribution in [3.63, 3.8) is 0 Å². The number of esters is 2. The van der Waals surface area contributed by atoms with E-state index in [2.05, 4.69) is 0 Å². The lowest BCUT2D eigenvalue weighted by Crippen LogP contribution is -2.05. The molecule has 0 rings (SSSR count). The molecule has 0 aromatic rings. The molecule has 26 heavy (non-hydrogen) atoms. The van der Waals surface area contributed by atoms with Crippen LogP contribution in [0.5, 0.6) is 0 Å². The van der Waals surface area contributed by atoms with Crippen LogP contribution in [-0.4, -0.2) is 47.3 Å². The Morgan fingerprint density at radius 3 is 1.15 bits per heavy atom. The first-order chi connectivity index (χ1) is 12.3. The van der Waals surface area contributed by atoms with Gasteiger partial charge in [0.15, 0.2) is 0 Å². The Labute approximate surface area is 154 Å². The molecule has 0 amide bonds. The minimum Gasteiger partial charge on any atom is -0.481 e. The van der Waals surface area contributed by atoms with Gasteiger partial charge in [-0.3, -0.25) is 19.2 Å². The lowest BCUT2D eigenvalue weighted by atomic mass is 10.1. The molecule has 0 aromatic carbocycles. The number of hydrogen-bond acceptors (Lipinski definition) is 6. The van der Waals surface area contributed by atoms with Gasteiger partial charge < -0.3 is 19.7 Å². The zero-order valence-electron chi connectivity index (χ0n) is 15.8. The maximum absolute atomic E-state index is 10.9. The van der Waals surface area contributed by atoms with E-state index in [0.717, 1.165) is 19.3 Å². The molecule has 8 heteroatoms. The summed E-state index contributed by atoms with van der Waals surface area (Å²) in [6.07, 6.45) is 5.39. The van der Waals surface area contributed by atoms with E-state index in [9.17, 15) is 19.2 Å². The predicted molar refractivity (Wildman–Crippen MR) is 94.7 cm³/mol. The van der Waals surface area contributed by atoms with Crippen LogP contribution in [0.2, 0.25) is 0 Å². The number of ether oxygens (including phenoxy) is 2. The highest BCUT2D eigenvalue weighted by atomic mass is 16.5. The third-order valence-electron chi connectivity index (χ3n) is 3.15. The van der Waals surface area contributed by atoms with Gasteiger partial charge in [-0.25, -0.2) is 0 Å². The quantitative estimate of drug-likeness (QED) is 0.349. The van der Waals surface area contributed by atoms with Gasteiger partial charge >= 0.3 is 23.9 Å². The van der Waals surface area contributed by atoms with Crippen molar-refractivity contribution in [1.29, 1.82) is 0 Å². The summed E-state index contributed by atoms with van der Waals surface area (Å²) in [7, 11) is 0. The van der Waals surface area contributed by atoms with E-state index >= 15 is 0 Å². The molecule has 0 aliphatic carbocycles. The molecule has 0 saturated heterocycles. The Hall–Kier alpha value is -2.12. The normalized spacial score (nSPS) is 9.62. The molecular weight excluding hydrogens is 344 g/mol. The maximum Gasteiger partial charge on any atom is 0.305 e. The van der Waals surface area contributed by atoms with E-state index in [1.54, 1.807) is 13.8 Å². The fourth-order valence-electron chi connectivity index (χ4n) is 1.91. The van der Waals surface area contributed by atoms with Crippen LogP contribution < -0.4 is 0 Å². The number of aliphatic carboxylic acids is 2. The van der Waals surface area contributed by atoms with Gasteiger partial charge in [-0.05, 0) is 39.5 Å². The summed E-state index contributed by atoms with van der Waals surface area (Å²) in [5, 5.41) is 16.4. The monoisotopic (exact) mass is 376 g/mol. The molecule has 0 aromatic heterocycles. The fourth-order valence-corrected chi connectivity index (χ4v) is 1.91. The molecule has 0 aliphatic heterocycles. The smallest absolute Gasteiger partial charge is 0.305 e. The number of unbranched alkanes of at least 4 members (excludes halogenated alkanes) is 4. The molecule has 0 fully saturated rings. The molecule has 152 valence electrons. The van der Waals surface area contributed by atoms with Crippen LogP contribution >= 0.6 is 0 Å². The van der Waals surface area contributed by atoms with Crippen molar-refractivity contribution in [3.05, 3.63) is 0 Å². The second kappa shape index (κ2) is 19.2. The summed E-state index contributed by atoms with van der Waals surface area (Å²) in [6.45, 7) is 4.45. The molecule has 0 radical (unpaired) electrons. The molecule has 0 aliphatic rings. The van der Waals surface area contributed by atoms with E-state index in [1.807, 2.05) is 0 Å². The van der Waals surface area contributed by atoms with Gasteiger partial charge in [0.25, 0.3) is 0 Å². The van der Waals surface area contributed by atoms with Crippen molar-refractivity contribution >= 4 is 23.9 Å². The second-order valence-corrected chi connectivity index (χ2v) is 5.52. The molecule has 0 heterocycles. The summed E-state index contributed by atoms with van der Waals surface area (Å²) >= 11 is 0. The van der Waals surface area contributed by atoms with E-state index in [-0.39, 0.29) is 24.8 Å². The molecular formula is C18H32O8. The average Bonchev–Trinajstić information content (AvgIpc) is 2.55. The Kier molecular flexibility index (Phi) is 19.3. The predicted octanol–water partition coefficient (Wildman–Crippen LogP) is 3.17.